The highest BCUT2D eigenvalue weighted by atomic mass is 32.1. The maximum atomic E-state index is 11.9. The molecule has 8 heteroatoms. The summed E-state index contributed by atoms with van der Waals surface area (Å²) in [6.07, 6.45) is 2.79. The highest BCUT2D eigenvalue weighted by molar-refractivity contribution is 7.07. The molecule has 204 valence electrons. The van der Waals surface area contributed by atoms with Crippen molar-refractivity contribution < 1.29 is 19.0 Å². The lowest BCUT2D eigenvalue weighted by Gasteiger charge is -2.42. The molecule has 2 aromatic rings. The molecule has 1 aromatic heterocycles. The molecule has 0 spiro atoms. The smallest absolute Gasteiger partial charge is 0.407 e. The van der Waals surface area contributed by atoms with Gasteiger partial charge in [0, 0.05) is 49.5 Å². The molecule has 0 bridgehead atoms. The second kappa shape index (κ2) is 12.2. The topological polar surface area (TPSA) is 63.3 Å². The van der Waals surface area contributed by atoms with Gasteiger partial charge in [-0.2, -0.15) is 11.3 Å². The van der Waals surface area contributed by atoms with Crippen molar-refractivity contribution in [1.82, 2.24) is 10.2 Å². The molecule has 2 fully saturated rings. The highest BCUT2D eigenvalue weighted by Crippen LogP contribution is 2.33. The first-order chi connectivity index (χ1) is 17.6. The summed E-state index contributed by atoms with van der Waals surface area (Å²) in [4.78, 5) is 17.1. The predicted molar refractivity (Wildman–Crippen MR) is 149 cm³/mol. The van der Waals surface area contributed by atoms with E-state index in [1.54, 1.807) is 11.3 Å². The van der Waals surface area contributed by atoms with E-state index in [0.29, 0.717) is 31.8 Å². The summed E-state index contributed by atoms with van der Waals surface area (Å²) in [7, 11) is 0. The molecule has 2 aliphatic heterocycles. The van der Waals surface area contributed by atoms with Gasteiger partial charge in [0.1, 0.15) is 5.60 Å². The van der Waals surface area contributed by atoms with Gasteiger partial charge in [-0.1, -0.05) is 12.1 Å². The van der Waals surface area contributed by atoms with E-state index in [1.807, 2.05) is 27.7 Å². The summed E-state index contributed by atoms with van der Waals surface area (Å²) in [5.74, 6) is -0.642. The molecule has 3 heterocycles. The van der Waals surface area contributed by atoms with E-state index in [0.717, 1.165) is 44.5 Å². The molecule has 2 aliphatic rings. The van der Waals surface area contributed by atoms with Crippen LogP contribution in [0.4, 0.5) is 10.5 Å². The van der Waals surface area contributed by atoms with E-state index in [4.69, 9.17) is 14.2 Å². The van der Waals surface area contributed by atoms with Crippen LogP contribution in [0, 0.1) is 0 Å². The van der Waals surface area contributed by atoms with E-state index in [1.165, 1.54) is 11.3 Å². The Labute approximate surface area is 226 Å². The van der Waals surface area contributed by atoms with Crippen LogP contribution in [-0.4, -0.2) is 61.5 Å². The molecule has 1 atom stereocenters. The number of carbonyl (C=O) groups is 1. The second-order valence-corrected chi connectivity index (χ2v) is 12.1. The van der Waals surface area contributed by atoms with Gasteiger partial charge in [-0.05, 0) is 88.4 Å². The van der Waals surface area contributed by atoms with Crippen molar-refractivity contribution >= 4 is 23.1 Å². The summed E-state index contributed by atoms with van der Waals surface area (Å²) in [6.45, 7) is 14.8. The van der Waals surface area contributed by atoms with Crippen molar-refractivity contribution in [1.29, 1.82) is 0 Å². The van der Waals surface area contributed by atoms with E-state index >= 15 is 0 Å². The summed E-state index contributed by atoms with van der Waals surface area (Å²) in [5, 5.41) is 7.30. The molecule has 0 radical (unpaired) electrons. The SMILES string of the molecule is CC(CCNC(=O)OC(C)(C)C)N1CCC(N(Cc2ccsc2)c2ccc(C3(C)OCCO3)cc2)CC1. The molecule has 1 N–H and O–H groups in total. The van der Waals surface area contributed by atoms with Gasteiger partial charge in [-0.25, -0.2) is 4.79 Å². The third-order valence-electron chi connectivity index (χ3n) is 7.29. The number of hydrogen-bond acceptors (Lipinski definition) is 7. The molecular weight excluding hydrogens is 486 g/mol. The minimum absolute atomic E-state index is 0.339. The van der Waals surface area contributed by atoms with E-state index in [9.17, 15) is 4.79 Å². The Morgan fingerprint density at radius 2 is 1.86 bits per heavy atom. The fourth-order valence-electron chi connectivity index (χ4n) is 5.17. The number of thiophene rings is 1. The van der Waals surface area contributed by atoms with Crippen LogP contribution in [-0.2, 0) is 26.5 Å². The number of ether oxygens (including phenoxy) is 3. The monoisotopic (exact) mass is 529 g/mol. The van der Waals surface area contributed by atoms with Crippen LogP contribution in [0.15, 0.2) is 41.1 Å². The largest absolute Gasteiger partial charge is 0.444 e. The van der Waals surface area contributed by atoms with Crippen LogP contribution in [0.3, 0.4) is 0 Å². The Bertz CT molecular complexity index is 976. The Morgan fingerprint density at radius 3 is 2.46 bits per heavy atom. The van der Waals surface area contributed by atoms with Crippen molar-refractivity contribution in [2.24, 2.45) is 0 Å². The van der Waals surface area contributed by atoms with E-state index in [2.05, 4.69) is 63.1 Å². The van der Waals surface area contributed by atoms with Crippen molar-refractivity contribution in [3.05, 3.63) is 52.2 Å². The summed E-state index contributed by atoms with van der Waals surface area (Å²) in [6, 6.07) is 11.8. The van der Waals surface area contributed by atoms with Crippen LogP contribution in [0.25, 0.3) is 0 Å². The van der Waals surface area contributed by atoms with Gasteiger partial charge < -0.3 is 29.3 Å². The normalized spacial score (nSPS) is 19.5. The van der Waals surface area contributed by atoms with Gasteiger partial charge in [-0.15, -0.1) is 0 Å². The number of likely N-dealkylation sites (tertiary alicyclic amines) is 1. The molecule has 1 aromatic carbocycles. The average molecular weight is 530 g/mol. The molecule has 1 unspecified atom stereocenters. The zero-order valence-electron chi connectivity index (χ0n) is 23.0. The number of amides is 1. The highest BCUT2D eigenvalue weighted by Gasteiger charge is 2.33. The van der Waals surface area contributed by atoms with Gasteiger partial charge in [0.25, 0.3) is 0 Å². The minimum atomic E-state index is -0.642. The quantitative estimate of drug-likeness (QED) is 0.447. The lowest BCUT2D eigenvalue weighted by Crippen LogP contribution is -2.48. The maximum Gasteiger partial charge on any atom is 0.407 e. The van der Waals surface area contributed by atoms with Gasteiger partial charge >= 0.3 is 6.09 Å². The number of rotatable bonds is 9. The predicted octanol–water partition coefficient (Wildman–Crippen LogP) is 5.74. The maximum absolute atomic E-state index is 11.9. The van der Waals surface area contributed by atoms with E-state index < -0.39 is 11.4 Å². The summed E-state index contributed by atoms with van der Waals surface area (Å²) in [5.41, 5.74) is 3.19. The van der Waals surface area contributed by atoms with Crippen molar-refractivity contribution in [2.75, 3.05) is 37.7 Å². The second-order valence-electron chi connectivity index (χ2n) is 11.3. The fraction of sp³-hybridized carbons (Fsp3) is 0.621. The zero-order chi connectivity index (χ0) is 26.5. The zero-order valence-corrected chi connectivity index (χ0v) is 23.8. The Hall–Kier alpha value is -2.13. The first kappa shape index (κ1) is 27.9. The Kier molecular flexibility index (Phi) is 9.16. The van der Waals surface area contributed by atoms with Crippen molar-refractivity contribution in [3.8, 4) is 0 Å². The van der Waals surface area contributed by atoms with Crippen LogP contribution >= 0.6 is 11.3 Å². The third kappa shape index (κ3) is 7.69. The average Bonchev–Trinajstić information content (AvgIpc) is 3.54. The molecule has 0 aliphatic carbocycles. The molecule has 0 saturated carbocycles. The number of benzene rings is 1. The molecule has 1 amide bonds. The van der Waals surface area contributed by atoms with Gasteiger partial charge in [-0.3, -0.25) is 0 Å². The minimum Gasteiger partial charge on any atom is -0.444 e. The first-order valence-corrected chi connectivity index (χ1v) is 14.4. The fourth-order valence-corrected chi connectivity index (χ4v) is 5.83. The molecule has 7 nitrogen and oxygen atoms in total. The van der Waals surface area contributed by atoms with Crippen LogP contribution < -0.4 is 10.2 Å². The number of alkyl carbamates (subject to hydrolysis) is 1. The number of nitrogens with one attached hydrogen (secondary N) is 1. The summed E-state index contributed by atoms with van der Waals surface area (Å²) >= 11 is 1.75. The van der Waals surface area contributed by atoms with Gasteiger partial charge in [0.15, 0.2) is 5.79 Å². The number of nitrogens with zero attached hydrogens (tertiary/aromatic N) is 2. The molecule has 4 rings (SSSR count). The van der Waals surface area contributed by atoms with Crippen molar-refractivity contribution in [3.63, 3.8) is 0 Å². The van der Waals surface area contributed by atoms with E-state index in [-0.39, 0.29) is 6.09 Å². The number of anilines is 1. The lowest BCUT2D eigenvalue weighted by atomic mass is 9.99. The number of piperidine rings is 1. The molecule has 2 saturated heterocycles. The van der Waals surface area contributed by atoms with Crippen LogP contribution in [0.1, 0.15) is 65.0 Å². The summed E-state index contributed by atoms with van der Waals surface area (Å²) < 4.78 is 17.1. The Balaban J connectivity index is 1.34. The van der Waals surface area contributed by atoms with Crippen LogP contribution in [0.2, 0.25) is 0 Å². The van der Waals surface area contributed by atoms with Gasteiger partial charge in [0.05, 0.1) is 13.2 Å². The number of carbonyl (C=O) groups excluding carboxylic acids is 1. The molecule has 37 heavy (non-hydrogen) atoms. The van der Waals surface area contributed by atoms with Crippen LogP contribution in [0.5, 0.6) is 0 Å². The number of hydrogen-bond donors (Lipinski definition) is 1. The van der Waals surface area contributed by atoms with Gasteiger partial charge in [0.2, 0.25) is 0 Å². The van der Waals surface area contributed by atoms with Crippen molar-refractivity contribution in [2.45, 2.75) is 83.9 Å². The molecular formula is C29H43N3O4S. The Morgan fingerprint density at radius 1 is 1.19 bits per heavy atom. The third-order valence-corrected chi connectivity index (χ3v) is 8.02. The standard InChI is InChI=1S/C29H43N3O4S/c1-22(10-14-30-27(33)36-28(2,3)4)31-15-11-26(12-16-31)32(20-23-13-19-37-21-23)25-8-6-24(7-9-25)29(5)34-17-18-35-29/h6-9,13,19,21-22,26H,10-12,14-18,20H2,1-5H3,(H,30,33). The first-order valence-electron chi connectivity index (χ1n) is 13.5. The lowest BCUT2D eigenvalue weighted by molar-refractivity contribution is -0.149.